The number of urea groups is 1. The number of halogens is 1. The molecule has 7 heteroatoms. The van der Waals surface area contributed by atoms with E-state index in [4.69, 9.17) is 9.47 Å². The number of hydrogen-bond donors (Lipinski definition) is 1. The van der Waals surface area contributed by atoms with E-state index in [9.17, 15) is 9.18 Å². The lowest BCUT2D eigenvalue weighted by Gasteiger charge is -2.35. The fraction of sp³-hybridized carbons (Fsp3) is 0.450. The maximum Gasteiger partial charge on any atom is 0.317 e. The molecule has 1 N–H and O–H groups in total. The van der Waals surface area contributed by atoms with Crippen LogP contribution in [0, 0.1) is 5.82 Å². The average Bonchev–Trinajstić information content (AvgIpc) is 3.15. The van der Waals surface area contributed by atoms with Crippen molar-refractivity contribution in [3.63, 3.8) is 0 Å². The predicted octanol–water partition coefficient (Wildman–Crippen LogP) is 4.02. The van der Waals surface area contributed by atoms with Gasteiger partial charge in [0.2, 0.25) is 0 Å². The molecule has 0 saturated carbocycles. The molecule has 1 aromatic carbocycles. The summed E-state index contributed by atoms with van der Waals surface area (Å²) in [5, 5.41) is 5.10. The minimum Gasteiger partial charge on any atom is -0.467 e. The fourth-order valence-corrected chi connectivity index (χ4v) is 4.86. The standard InChI is InChI=1S/C20H23FN2O3S/c1-2-17-16-5-8-27-18(16)4-7-23(17)20(24)22-6-3-13-9-15(21)10-14-11-25-12-26-19(13)14/h5,8-10,17H,2-4,6-7,11-12H2,1H3,(H,22,24)/t17-/m0/s1. The second-order valence-corrected chi connectivity index (χ2v) is 7.81. The maximum absolute atomic E-state index is 13.8. The molecule has 27 heavy (non-hydrogen) atoms. The molecule has 0 spiro atoms. The zero-order valence-electron chi connectivity index (χ0n) is 15.3. The topological polar surface area (TPSA) is 50.8 Å². The molecule has 2 aliphatic rings. The van der Waals surface area contributed by atoms with Crippen LogP contribution in [0.5, 0.6) is 5.75 Å². The van der Waals surface area contributed by atoms with Crippen molar-refractivity contribution in [2.45, 2.75) is 38.8 Å². The van der Waals surface area contributed by atoms with Crippen LogP contribution in [0.3, 0.4) is 0 Å². The number of fused-ring (bicyclic) bond motifs is 2. The fourth-order valence-electron chi connectivity index (χ4n) is 3.93. The first kappa shape index (κ1) is 18.3. The van der Waals surface area contributed by atoms with Gasteiger partial charge in [0.15, 0.2) is 6.79 Å². The number of hydrogen-bond acceptors (Lipinski definition) is 4. The van der Waals surface area contributed by atoms with Gasteiger partial charge in [0.25, 0.3) is 0 Å². The first-order valence-electron chi connectivity index (χ1n) is 9.30. The Morgan fingerprint density at radius 3 is 3.19 bits per heavy atom. The number of thiophene rings is 1. The summed E-state index contributed by atoms with van der Waals surface area (Å²) in [4.78, 5) is 16.0. The third kappa shape index (κ3) is 3.66. The molecule has 4 rings (SSSR count). The minimum atomic E-state index is -0.309. The van der Waals surface area contributed by atoms with E-state index in [1.165, 1.54) is 22.6 Å². The summed E-state index contributed by atoms with van der Waals surface area (Å²) in [7, 11) is 0. The molecular weight excluding hydrogens is 367 g/mol. The molecule has 3 heterocycles. The lowest BCUT2D eigenvalue weighted by molar-refractivity contribution is -0.0172. The van der Waals surface area contributed by atoms with Gasteiger partial charge in [-0.15, -0.1) is 11.3 Å². The SMILES string of the molecule is CC[C@H]1c2ccsc2CCN1C(=O)NCCc1cc(F)cc2c1OCOC2. The monoisotopic (exact) mass is 390 g/mol. The molecule has 5 nitrogen and oxygen atoms in total. The third-order valence-electron chi connectivity index (χ3n) is 5.16. The summed E-state index contributed by atoms with van der Waals surface area (Å²) in [5.41, 5.74) is 2.76. The van der Waals surface area contributed by atoms with E-state index < -0.39 is 0 Å². The van der Waals surface area contributed by atoms with Gasteiger partial charge in [-0.05, 0) is 54.0 Å². The number of rotatable bonds is 4. The predicted molar refractivity (Wildman–Crippen MR) is 102 cm³/mol. The van der Waals surface area contributed by atoms with Crippen LogP contribution < -0.4 is 10.1 Å². The Hall–Kier alpha value is -2.12. The van der Waals surface area contributed by atoms with Crippen molar-refractivity contribution in [1.82, 2.24) is 10.2 Å². The molecule has 1 aromatic heterocycles. The highest BCUT2D eigenvalue weighted by atomic mass is 32.1. The van der Waals surface area contributed by atoms with Crippen LogP contribution in [0.1, 0.15) is 41.0 Å². The second kappa shape index (κ2) is 7.86. The zero-order valence-corrected chi connectivity index (χ0v) is 16.1. The molecule has 144 valence electrons. The lowest BCUT2D eigenvalue weighted by atomic mass is 9.98. The van der Waals surface area contributed by atoms with Crippen LogP contribution in [0.25, 0.3) is 0 Å². The first-order chi connectivity index (χ1) is 13.2. The van der Waals surface area contributed by atoms with Gasteiger partial charge >= 0.3 is 6.03 Å². The summed E-state index contributed by atoms with van der Waals surface area (Å²) in [5.74, 6) is 0.375. The van der Waals surface area contributed by atoms with Gasteiger partial charge in [-0.25, -0.2) is 9.18 Å². The third-order valence-corrected chi connectivity index (χ3v) is 6.16. The normalized spacial score (nSPS) is 18.4. The highest BCUT2D eigenvalue weighted by Gasteiger charge is 2.30. The van der Waals surface area contributed by atoms with Gasteiger partial charge in [0.1, 0.15) is 11.6 Å². The molecule has 0 bridgehead atoms. The van der Waals surface area contributed by atoms with E-state index in [0.29, 0.717) is 25.3 Å². The van der Waals surface area contributed by atoms with Gasteiger partial charge < -0.3 is 19.7 Å². The van der Waals surface area contributed by atoms with Crippen LogP contribution in [0.15, 0.2) is 23.6 Å². The lowest BCUT2D eigenvalue weighted by Crippen LogP contribution is -2.45. The molecule has 0 radical (unpaired) electrons. The van der Waals surface area contributed by atoms with E-state index in [2.05, 4.69) is 23.7 Å². The molecule has 2 aromatic rings. The van der Waals surface area contributed by atoms with Gasteiger partial charge in [-0.2, -0.15) is 0 Å². The van der Waals surface area contributed by atoms with Gasteiger partial charge in [0.05, 0.1) is 12.6 Å². The Labute approximate surface area is 162 Å². The summed E-state index contributed by atoms with van der Waals surface area (Å²) < 4.78 is 24.6. The van der Waals surface area contributed by atoms with Crippen LogP contribution in [0.2, 0.25) is 0 Å². The van der Waals surface area contributed by atoms with E-state index in [1.54, 1.807) is 11.3 Å². The maximum atomic E-state index is 13.8. The molecule has 1 atom stereocenters. The number of amides is 2. The highest BCUT2D eigenvalue weighted by Crippen LogP contribution is 2.35. The van der Waals surface area contributed by atoms with E-state index in [-0.39, 0.29) is 24.7 Å². The Bertz CT molecular complexity index is 839. The Balaban J connectivity index is 1.40. The van der Waals surface area contributed by atoms with Crippen molar-refractivity contribution < 1.29 is 18.7 Å². The molecular formula is C20H23FN2O3S. The van der Waals surface area contributed by atoms with Crippen molar-refractivity contribution in [2.24, 2.45) is 0 Å². The van der Waals surface area contributed by atoms with Crippen LogP contribution >= 0.6 is 11.3 Å². The van der Waals surface area contributed by atoms with Crippen molar-refractivity contribution in [3.8, 4) is 5.75 Å². The van der Waals surface area contributed by atoms with E-state index >= 15 is 0 Å². The summed E-state index contributed by atoms with van der Waals surface area (Å²) in [6.07, 6.45) is 2.31. The number of carbonyl (C=O) groups excluding carboxylic acids is 1. The van der Waals surface area contributed by atoms with Crippen LogP contribution in [-0.4, -0.2) is 30.8 Å². The number of ether oxygens (including phenoxy) is 2. The van der Waals surface area contributed by atoms with Crippen molar-refractivity contribution in [1.29, 1.82) is 0 Å². The summed E-state index contributed by atoms with van der Waals surface area (Å²) in [6, 6.07) is 5.11. The van der Waals surface area contributed by atoms with Crippen LogP contribution in [-0.2, 0) is 24.2 Å². The highest BCUT2D eigenvalue weighted by molar-refractivity contribution is 7.10. The molecule has 2 aliphatic heterocycles. The van der Waals surface area contributed by atoms with E-state index in [1.807, 2.05) is 4.90 Å². The van der Waals surface area contributed by atoms with Gasteiger partial charge in [0, 0.05) is 23.5 Å². The molecule has 2 amide bonds. The first-order valence-corrected chi connectivity index (χ1v) is 10.2. The van der Waals surface area contributed by atoms with Crippen molar-refractivity contribution in [3.05, 3.63) is 51.0 Å². The summed E-state index contributed by atoms with van der Waals surface area (Å²) >= 11 is 1.77. The number of benzene rings is 1. The zero-order chi connectivity index (χ0) is 18.8. The smallest absolute Gasteiger partial charge is 0.317 e. The molecule has 0 saturated heterocycles. The molecule has 0 aliphatic carbocycles. The van der Waals surface area contributed by atoms with Gasteiger partial charge in [-0.3, -0.25) is 0 Å². The molecule has 0 fully saturated rings. The van der Waals surface area contributed by atoms with Crippen molar-refractivity contribution in [2.75, 3.05) is 19.9 Å². The minimum absolute atomic E-state index is 0.0618. The second-order valence-electron chi connectivity index (χ2n) is 6.81. The number of nitrogens with zero attached hydrogens (tertiary/aromatic N) is 1. The Morgan fingerprint density at radius 1 is 1.44 bits per heavy atom. The quantitative estimate of drug-likeness (QED) is 0.858. The Morgan fingerprint density at radius 2 is 2.33 bits per heavy atom. The van der Waals surface area contributed by atoms with E-state index in [0.717, 1.165) is 30.5 Å². The number of carbonyl (C=O) groups is 1. The van der Waals surface area contributed by atoms with Gasteiger partial charge in [-0.1, -0.05) is 6.92 Å². The van der Waals surface area contributed by atoms with Crippen molar-refractivity contribution >= 4 is 17.4 Å². The number of nitrogens with one attached hydrogen (secondary N) is 1. The summed E-state index contributed by atoms with van der Waals surface area (Å²) in [6.45, 7) is 3.79. The molecule has 0 unspecified atom stereocenters. The van der Waals surface area contributed by atoms with Crippen LogP contribution in [0.4, 0.5) is 9.18 Å². The largest absolute Gasteiger partial charge is 0.467 e. The Kier molecular flexibility index (Phi) is 5.31. The average molecular weight is 390 g/mol.